The average molecular weight is 251 g/mol. The highest BCUT2D eigenvalue weighted by molar-refractivity contribution is 6.17. The maximum Gasteiger partial charge on any atom is 0.151 e. The molecule has 0 saturated heterocycles. The number of aromatic nitrogens is 4. The Hall–Kier alpha value is -1.42. The van der Waals surface area contributed by atoms with E-state index < -0.39 is 0 Å². The summed E-state index contributed by atoms with van der Waals surface area (Å²) in [5.41, 5.74) is 1.94. The van der Waals surface area contributed by atoms with Crippen molar-refractivity contribution in [2.75, 3.05) is 0 Å². The lowest BCUT2D eigenvalue weighted by Gasteiger charge is -2.07. The third kappa shape index (κ3) is 2.31. The number of hydrogen-bond donors (Lipinski definition) is 0. The fourth-order valence-corrected chi connectivity index (χ4v) is 1.90. The Morgan fingerprint density at radius 3 is 2.76 bits per heavy atom. The molecule has 0 aliphatic carbocycles. The summed E-state index contributed by atoms with van der Waals surface area (Å²) in [6.07, 6.45) is 5.20. The third-order valence-electron chi connectivity index (χ3n) is 2.60. The Balaban J connectivity index is 2.54. The summed E-state index contributed by atoms with van der Waals surface area (Å²) in [6, 6.07) is 1.92. The van der Waals surface area contributed by atoms with Gasteiger partial charge in [-0.2, -0.15) is 5.10 Å². The van der Waals surface area contributed by atoms with Crippen LogP contribution in [0.25, 0.3) is 5.69 Å². The molecule has 0 spiro atoms. The van der Waals surface area contributed by atoms with E-state index in [1.54, 1.807) is 12.4 Å². The van der Waals surface area contributed by atoms with Gasteiger partial charge in [0.25, 0.3) is 0 Å². The van der Waals surface area contributed by atoms with Crippen LogP contribution in [0.4, 0.5) is 0 Å². The fraction of sp³-hybridized carbons (Fsp3) is 0.417. The number of halogens is 1. The largest absolute Gasteiger partial charge is 0.264 e. The molecule has 0 aliphatic heterocycles. The van der Waals surface area contributed by atoms with Gasteiger partial charge in [-0.3, -0.25) is 4.98 Å². The van der Waals surface area contributed by atoms with E-state index in [-0.39, 0.29) is 0 Å². The van der Waals surface area contributed by atoms with Gasteiger partial charge in [0.2, 0.25) is 0 Å². The molecule has 17 heavy (non-hydrogen) atoms. The first-order chi connectivity index (χ1) is 8.30. The lowest BCUT2D eigenvalue weighted by Crippen LogP contribution is -2.05. The molecule has 2 aromatic rings. The van der Waals surface area contributed by atoms with Crippen molar-refractivity contribution in [3.05, 3.63) is 35.7 Å². The Bertz CT molecular complexity index is 507. The van der Waals surface area contributed by atoms with Crippen molar-refractivity contribution in [3.8, 4) is 5.69 Å². The van der Waals surface area contributed by atoms with E-state index in [2.05, 4.69) is 22.0 Å². The number of rotatable bonds is 4. The van der Waals surface area contributed by atoms with Crippen molar-refractivity contribution < 1.29 is 0 Å². The first-order valence-electron chi connectivity index (χ1n) is 5.74. The van der Waals surface area contributed by atoms with Gasteiger partial charge < -0.3 is 0 Å². The van der Waals surface area contributed by atoms with Gasteiger partial charge in [-0.25, -0.2) is 9.67 Å². The predicted molar refractivity (Wildman–Crippen MR) is 67.5 cm³/mol. The second-order valence-corrected chi connectivity index (χ2v) is 3.97. The Kier molecular flexibility index (Phi) is 3.74. The molecule has 0 aliphatic rings. The standard InChI is InChI=1S/C12H15ClN4/c1-3-11-15-12(4-2)17(16-11)10-5-6-14-8-9(10)7-13/h5-6,8H,3-4,7H2,1-2H3. The Morgan fingerprint density at radius 1 is 1.29 bits per heavy atom. The molecule has 0 radical (unpaired) electrons. The lowest BCUT2D eigenvalue weighted by molar-refractivity contribution is 0.783. The molecule has 0 aromatic carbocycles. The molecular weight excluding hydrogens is 236 g/mol. The quantitative estimate of drug-likeness (QED) is 0.784. The minimum atomic E-state index is 0.424. The number of aryl methyl sites for hydroxylation is 2. The second kappa shape index (κ2) is 5.27. The maximum absolute atomic E-state index is 5.92. The van der Waals surface area contributed by atoms with E-state index in [0.717, 1.165) is 35.7 Å². The fourth-order valence-electron chi connectivity index (χ4n) is 1.69. The molecule has 0 saturated carbocycles. The number of nitrogens with zero attached hydrogens (tertiary/aromatic N) is 4. The molecule has 0 bridgehead atoms. The van der Waals surface area contributed by atoms with E-state index in [1.807, 2.05) is 17.7 Å². The van der Waals surface area contributed by atoms with Crippen LogP contribution in [-0.4, -0.2) is 19.7 Å². The summed E-state index contributed by atoms with van der Waals surface area (Å²) in [5, 5.41) is 4.50. The van der Waals surface area contributed by atoms with Crippen molar-refractivity contribution in [2.24, 2.45) is 0 Å². The molecule has 5 heteroatoms. The summed E-state index contributed by atoms with van der Waals surface area (Å²) >= 11 is 5.92. The van der Waals surface area contributed by atoms with Crippen LogP contribution in [0, 0.1) is 0 Å². The van der Waals surface area contributed by atoms with Crippen LogP contribution in [0.3, 0.4) is 0 Å². The molecule has 90 valence electrons. The van der Waals surface area contributed by atoms with E-state index >= 15 is 0 Å². The SMILES string of the molecule is CCc1nc(CC)n(-c2ccncc2CCl)n1. The van der Waals surface area contributed by atoms with Crippen LogP contribution >= 0.6 is 11.6 Å². The van der Waals surface area contributed by atoms with Gasteiger partial charge in [-0.15, -0.1) is 11.6 Å². The zero-order valence-corrected chi connectivity index (χ0v) is 10.8. The van der Waals surface area contributed by atoms with E-state index in [1.165, 1.54) is 0 Å². The zero-order chi connectivity index (χ0) is 12.3. The van der Waals surface area contributed by atoms with E-state index in [0.29, 0.717) is 5.88 Å². The molecule has 0 N–H and O–H groups in total. The molecule has 0 unspecified atom stereocenters. The zero-order valence-electron chi connectivity index (χ0n) is 10.0. The minimum Gasteiger partial charge on any atom is -0.264 e. The van der Waals surface area contributed by atoms with Crippen LogP contribution in [-0.2, 0) is 18.7 Å². The Morgan fingerprint density at radius 2 is 2.12 bits per heavy atom. The molecule has 0 atom stereocenters. The highest BCUT2D eigenvalue weighted by atomic mass is 35.5. The number of hydrogen-bond acceptors (Lipinski definition) is 3. The summed E-state index contributed by atoms with van der Waals surface area (Å²) in [4.78, 5) is 8.57. The molecule has 2 rings (SSSR count). The van der Waals surface area contributed by atoms with Crippen LogP contribution in [0.5, 0.6) is 0 Å². The summed E-state index contributed by atoms with van der Waals surface area (Å²) in [7, 11) is 0. The normalized spacial score (nSPS) is 10.8. The van der Waals surface area contributed by atoms with E-state index in [9.17, 15) is 0 Å². The molecule has 2 heterocycles. The number of alkyl halides is 1. The average Bonchev–Trinajstić information content (AvgIpc) is 2.81. The van der Waals surface area contributed by atoms with Crippen molar-refractivity contribution in [2.45, 2.75) is 32.6 Å². The highest BCUT2D eigenvalue weighted by Gasteiger charge is 2.11. The second-order valence-electron chi connectivity index (χ2n) is 3.70. The van der Waals surface area contributed by atoms with Crippen molar-refractivity contribution >= 4 is 11.6 Å². The van der Waals surface area contributed by atoms with E-state index in [4.69, 9.17) is 11.6 Å². The van der Waals surface area contributed by atoms with Gasteiger partial charge >= 0.3 is 0 Å². The van der Waals surface area contributed by atoms with Crippen LogP contribution in [0.15, 0.2) is 18.5 Å². The smallest absolute Gasteiger partial charge is 0.151 e. The third-order valence-corrected chi connectivity index (χ3v) is 2.89. The molecule has 0 fully saturated rings. The van der Waals surface area contributed by atoms with Gasteiger partial charge in [0, 0.05) is 30.8 Å². The monoisotopic (exact) mass is 250 g/mol. The van der Waals surface area contributed by atoms with Gasteiger partial charge in [-0.05, 0) is 6.07 Å². The summed E-state index contributed by atoms with van der Waals surface area (Å²) in [6.45, 7) is 4.12. The highest BCUT2D eigenvalue weighted by Crippen LogP contribution is 2.16. The van der Waals surface area contributed by atoms with Crippen molar-refractivity contribution in [1.29, 1.82) is 0 Å². The lowest BCUT2D eigenvalue weighted by atomic mass is 10.2. The maximum atomic E-state index is 5.92. The first-order valence-corrected chi connectivity index (χ1v) is 6.27. The molecule has 0 amide bonds. The number of pyridine rings is 1. The van der Waals surface area contributed by atoms with Crippen molar-refractivity contribution in [1.82, 2.24) is 19.7 Å². The Labute approximate surface area is 106 Å². The molecule has 4 nitrogen and oxygen atoms in total. The van der Waals surface area contributed by atoms with Gasteiger partial charge in [-0.1, -0.05) is 13.8 Å². The first kappa shape index (κ1) is 12.0. The molecule has 2 aromatic heterocycles. The minimum absolute atomic E-state index is 0.424. The summed E-state index contributed by atoms with van der Waals surface area (Å²) in [5.74, 6) is 2.24. The predicted octanol–water partition coefficient (Wildman–Crippen LogP) is 2.53. The van der Waals surface area contributed by atoms with Crippen LogP contribution in [0.1, 0.15) is 31.1 Å². The van der Waals surface area contributed by atoms with Gasteiger partial charge in [0.15, 0.2) is 5.82 Å². The van der Waals surface area contributed by atoms with Gasteiger partial charge in [0.05, 0.1) is 11.6 Å². The van der Waals surface area contributed by atoms with Gasteiger partial charge in [0.1, 0.15) is 5.82 Å². The molecular formula is C12H15ClN4. The van der Waals surface area contributed by atoms with Crippen LogP contribution in [0.2, 0.25) is 0 Å². The van der Waals surface area contributed by atoms with Crippen LogP contribution < -0.4 is 0 Å². The van der Waals surface area contributed by atoms with Crippen molar-refractivity contribution in [3.63, 3.8) is 0 Å². The topological polar surface area (TPSA) is 43.6 Å². The summed E-state index contributed by atoms with van der Waals surface area (Å²) < 4.78 is 1.87.